The number of hydrogen-bond donors (Lipinski definition) is 0. The lowest BCUT2D eigenvalue weighted by atomic mass is 10.1. The summed E-state index contributed by atoms with van der Waals surface area (Å²) in [4.78, 5) is 25.6. The Balaban J connectivity index is 1.67. The van der Waals surface area contributed by atoms with Gasteiger partial charge in [0.1, 0.15) is 5.75 Å². The van der Waals surface area contributed by atoms with E-state index < -0.39 is 16.0 Å². The first-order chi connectivity index (χ1) is 12.9. The molecule has 0 bridgehead atoms. The molecule has 2 aromatic carbocycles. The standard InChI is InChI=1S/C19H20N2O5S/c1-15(22)26-17-7-5-6-16(14-17)19(23)20-10-12-21(13-11-20)27(24,25)18-8-3-2-4-9-18/h2-9,14H,10-13H2,1H3. The van der Waals surface area contributed by atoms with Crippen LogP contribution in [0.5, 0.6) is 5.75 Å². The highest BCUT2D eigenvalue weighted by molar-refractivity contribution is 7.89. The Bertz CT molecular complexity index is 936. The van der Waals surface area contributed by atoms with Crippen LogP contribution in [0.4, 0.5) is 0 Å². The first-order valence-corrected chi connectivity index (χ1v) is 9.95. The zero-order valence-electron chi connectivity index (χ0n) is 14.9. The Morgan fingerprint density at radius 2 is 1.59 bits per heavy atom. The third kappa shape index (κ3) is 4.35. The average Bonchev–Trinajstić information content (AvgIpc) is 2.68. The van der Waals surface area contributed by atoms with Crippen LogP contribution in [0.2, 0.25) is 0 Å². The number of nitrogens with zero attached hydrogens (tertiary/aromatic N) is 2. The molecule has 0 saturated carbocycles. The van der Waals surface area contributed by atoms with Gasteiger partial charge in [0, 0.05) is 38.7 Å². The van der Waals surface area contributed by atoms with Crippen LogP contribution in [0, 0.1) is 0 Å². The predicted octanol–water partition coefficient (Wildman–Crippen LogP) is 1.76. The van der Waals surface area contributed by atoms with E-state index in [1.807, 2.05) is 0 Å². The summed E-state index contributed by atoms with van der Waals surface area (Å²) in [6, 6.07) is 14.6. The summed E-state index contributed by atoms with van der Waals surface area (Å²) in [6.45, 7) is 2.34. The van der Waals surface area contributed by atoms with Gasteiger partial charge in [0.05, 0.1) is 4.90 Å². The van der Waals surface area contributed by atoms with Gasteiger partial charge in [0.15, 0.2) is 0 Å². The molecule has 0 radical (unpaired) electrons. The fraction of sp³-hybridized carbons (Fsp3) is 0.263. The van der Waals surface area contributed by atoms with Crippen LogP contribution < -0.4 is 4.74 Å². The number of sulfonamides is 1. The van der Waals surface area contributed by atoms with Crippen LogP contribution in [0.15, 0.2) is 59.5 Å². The average molecular weight is 388 g/mol. The van der Waals surface area contributed by atoms with Crippen LogP contribution >= 0.6 is 0 Å². The maximum Gasteiger partial charge on any atom is 0.308 e. The third-order valence-electron chi connectivity index (χ3n) is 4.25. The van der Waals surface area contributed by atoms with Crippen molar-refractivity contribution in [2.75, 3.05) is 26.2 Å². The molecule has 0 spiro atoms. The second-order valence-corrected chi connectivity index (χ2v) is 8.07. The van der Waals surface area contributed by atoms with E-state index in [0.717, 1.165) is 0 Å². The molecule has 1 aliphatic heterocycles. The molecule has 1 aliphatic rings. The first-order valence-electron chi connectivity index (χ1n) is 8.51. The molecule has 8 heteroatoms. The molecule has 0 unspecified atom stereocenters. The van der Waals surface area contributed by atoms with Gasteiger partial charge in [-0.05, 0) is 30.3 Å². The number of benzene rings is 2. The fourth-order valence-electron chi connectivity index (χ4n) is 2.91. The van der Waals surface area contributed by atoms with Crippen LogP contribution in [-0.4, -0.2) is 55.7 Å². The highest BCUT2D eigenvalue weighted by atomic mass is 32.2. The summed E-state index contributed by atoms with van der Waals surface area (Å²) >= 11 is 0. The van der Waals surface area contributed by atoms with Crippen molar-refractivity contribution in [3.63, 3.8) is 0 Å². The van der Waals surface area contributed by atoms with Crippen molar-refractivity contribution in [1.82, 2.24) is 9.21 Å². The zero-order valence-corrected chi connectivity index (χ0v) is 15.7. The molecule has 0 atom stereocenters. The minimum atomic E-state index is -3.56. The quantitative estimate of drug-likeness (QED) is 0.589. The lowest BCUT2D eigenvalue weighted by Gasteiger charge is -2.34. The van der Waals surface area contributed by atoms with Gasteiger partial charge in [-0.3, -0.25) is 9.59 Å². The monoisotopic (exact) mass is 388 g/mol. The number of esters is 1. The van der Waals surface area contributed by atoms with Crippen molar-refractivity contribution >= 4 is 21.9 Å². The highest BCUT2D eigenvalue weighted by Gasteiger charge is 2.30. The van der Waals surface area contributed by atoms with E-state index in [1.165, 1.54) is 17.3 Å². The molecular formula is C19H20N2O5S. The van der Waals surface area contributed by atoms with Crippen molar-refractivity contribution in [3.05, 3.63) is 60.2 Å². The van der Waals surface area contributed by atoms with E-state index in [-0.39, 0.29) is 23.9 Å². The minimum Gasteiger partial charge on any atom is -0.427 e. The number of ether oxygens (including phenoxy) is 1. The van der Waals surface area contributed by atoms with Crippen LogP contribution in [-0.2, 0) is 14.8 Å². The second kappa shape index (κ2) is 7.89. The van der Waals surface area contributed by atoms with Gasteiger partial charge >= 0.3 is 5.97 Å². The smallest absolute Gasteiger partial charge is 0.308 e. The fourth-order valence-corrected chi connectivity index (χ4v) is 4.36. The van der Waals surface area contributed by atoms with E-state index in [9.17, 15) is 18.0 Å². The number of carbonyl (C=O) groups excluding carboxylic acids is 2. The lowest BCUT2D eigenvalue weighted by molar-refractivity contribution is -0.131. The van der Waals surface area contributed by atoms with Gasteiger partial charge < -0.3 is 9.64 Å². The van der Waals surface area contributed by atoms with Crippen molar-refractivity contribution in [2.45, 2.75) is 11.8 Å². The van der Waals surface area contributed by atoms with Gasteiger partial charge in [-0.2, -0.15) is 4.31 Å². The van der Waals surface area contributed by atoms with E-state index in [0.29, 0.717) is 24.4 Å². The molecule has 1 fully saturated rings. The summed E-state index contributed by atoms with van der Waals surface area (Å²) in [5.41, 5.74) is 0.396. The molecular weight excluding hydrogens is 368 g/mol. The number of hydrogen-bond acceptors (Lipinski definition) is 5. The normalized spacial score (nSPS) is 15.4. The van der Waals surface area contributed by atoms with Gasteiger partial charge in [-0.1, -0.05) is 24.3 Å². The molecule has 27 heavy (non-hydrogen) atoms. The number of rotatable bonds is 4. The van der Waals surface area contributed by atoms with Gasteiger partial charge in [-0.25, -0.2) is 8.42 Å². The first kappa shape index (κ1) is 19.1. The van der Waals surface area contributed by atoms with Crippen molar-refractivity contribution < 1.29 is 22.7 Å². The Morgan fingerprint density at radius 3 is 2.22 bits per heavy atom. The Hall–Kier alpha value is -2.71. The van der Waals surface area contributed by atoms with Crippen LogP contribution in [0.25, 0.3) is 0 Å². The molecule has 1 heterocycles. The van der Waals surface area contributed by atoms with E-state index in [4.69, 9.17) is 4.74 Å². The largest absolute Gasteiger partial charge is 0.427 e. The maximum absolute atomic E-state index is 12.7. The van der Waals surface area contributed by atoms with Gasteiger partial charge in [0.25, 0.3) is 5.91 Å². The Labute approximate surface area is 158 Å². The number of piperazine rings is 1. The van der Waals surface area contributed by atoms with E-state index in [2.05, 4.69) is 0 Å². The number of amides is 1. The molecule has 1 amide bonds. The summed E-state index contributed by atoms with van der Waals surface area (Å²) < 4.78 is 31.7. The van der Waals surface area contributed by atoms with E-state index in [1.54, 1.807) is 53.4 Å². The van der Waals surface area contributed by atoms with Gasteiger partial charge in [0.2, 0.25) is 10.0 Å². The molecule has 3 rings (SSSR count). The third-order valence-corrected chi connectivity index (χ3v) is 6.16. The Kier molecular flexibility index (Phi) is 5.57. The molecule has 0 aromatic heterocycles. The topological polar surface area (TPSA) is 84.0 Å². The van der Waals surface area contributed by atoms with Crippen LogP contribution in [0.1, 0.15) is 17.3 Å². The Morgan fingerprint density at radius 1 is 0.926 bits per heavy atom. The van der Waals surface area contributed by atoms with Crippen molar-refractivity contribution in [2.24, 2.45) is 0 Å². The zero-order chi connectivity index (χ0) is 19.4. The summed E-state index contributed by atoms with van der Waals surface area (Å²) in [5, 5.41) is 0. The van der Waals surface area contributed by atoms with Crippen molar-refractivity contribution in [1.29, 1.82) is 0 Å². The maximum atomic E-state index is 12.7. The molecule has 142 valence electrons. The lowest BCUT2D eigenvalue weighted by Crippen LogP contribution is -2.50. The molecule has 0 aliphatic carbocycles. The molecule has 0 N–H and O–H groups in total. The highest BCUT2D eigenvalue weighted by Crippen LogP contribution is 2.19. The van der Waals surface area contributed by atoms with Crippen molar-refractivity contribution in [3.8, 4) is 5.75 Å². The molecule has 2 aromatic rings. The summed E-state index contributed by atoms with van der Waals surface area (Å²) in [5.74, 6) is -0.376. The van der Waals surface area contributed by atoms with E-state index >= 15 is 0 Å². The molecule has 7 nitrogen and oxygen atoms in total. The van der Waals surface area contributed by atoms with Crippen LogP contribution in [0.3, 0.4) is 0 Å². The predicted molar refractivity (Wildman–Crippen MR) is 98.9 cm³/mol. The SMILES string of the molecule is CC(=O)Oc1cccc(C(=O)N2CCN(S(=O)(=O)c3ccccc3)CC2)c1. The van der Waals surface area contributed by atoms with Gasteiger partial charge in [-0.15, -0.1) is 0 Å². The summed E-state index contributed by atoms with van der Waals surface area (Å²) in [6.07, 6.45) is 0. The number of carbonyl (C=O) groups is 2. The summed E-state index contributed by atoms with van der Waals surface area (Å²) in [7, 11) is -3.56. The second-order valence-electron chi connectivity index (χ2n) is 6.13. The minimum absolute atomic E-state index is 0.222. The molecule has 1 saturated heterocycles.